The summed E-state index contributed by atoms with van der Waals surface area (Å²) in [6, 6.07) is 4.61. The fraction of sp³-hybridized carbons (Fsp3) is 0.231. The van der Waals surface area contributed by atoms with Crippen molar-refractivity contribution in [1.82, 2.24) is 9.78 Å². The standard InChI is InChI=1S/C13H11ClFN3S/c1-8-13(16-7-19)9(2)18(17-8)6-10-11(14)4-3-5-12(10)15/h3-5H,6H2,1-2H3. The van der Waals surface area contributed by atoms with Gasteiger partial charge in [-0.3, -0.25) is 4.68 Å². The largest absolute Gasteiger partial charge is 0.263 e. The first-order chi connectivity index (χ1) is 9.04. The first-order valence-electron chi connectivity index (χ1n) is 5.59. The molecule has 6 heteroatoms. The van der Waals surface area contributed by atoms with Crippen molar-refractivity contribution in [2.45, 2.75) is 20.4 Å². The number of hydrogen-bond donors (Lipinski definition) is 0. The summed E-state index contributed by atoms with van der Waals surface area (Å²) in [5.74, 6) is -0.347. The maximum Gasteiger partial charge on any atom is 0.129 e. The zero-order chi connectivity index (χ0) is 14.0. The van der Waals surface area contributed by atoms with Gasteiger partial charge in [-0.25, -0.2) is 4.39 Å². The highest BCUT2D eigenvalue weighted by molar-refractivity contribution is 7.78. The van der Waals surface area contributed by atoms with Gasteiger partial charge in [0.05, 0.1) is 23.1 Å². The van der Waals surface area contributed by atoms with Crippen molar-refractivity contribution in [2.75, 3.05) is 0 Å². The normalized spacial score (nSPS) is 10.3. The fourth-order valence-corrected chi connectivity index (χ4v) is 2.20. The molecule has 1 aromatic heterocycles. The Labute approximate surface area is 120 Å². The lowest BCUT2D eigenvalue weighted by molar-refractivity contribution is 0.579. The smallest absolute Gasteiger partial charge is 0.129 e. The second kappa shape index (κ2) is 5.61. The summed E-state index contributed by atoms with van der Waals surface area (Å²) in [6.45, 7) is 3.92. The molecule has 0 unspecified atom stereocenters. The summed E-state index contributed by atoms with van der Waals surface area (Å²) in [5.41, 5.74) is 2.60. The molecule has 0 aliphatic carbocycles. The third kappa shape index (κ3) is 2.73. The second-order valence-corrected chi connectivity index (χ2v) is 4.67. The van der Waals surface area contributed by atoms with Crippen LogP contribution in [0.15, 0.2) is 23.2 Å². The SMILES string of the molecule is Cc1nn(Cc2c(F)cccc2Cl)c(C)c1N=C=S. The molecular weight excluding hydrogens is 285 g/mol. The number of halogens is 2. The van der Waals surface area contributed by atoms with Crippen LogP contribution in [-0.2, 0) is 6.54 Å². The summed E-state index contributed by atoms with van der Waals surface area (Å²) < 4.78 is 15.4. The van der Waals surface area contributed by atoms with E-state index in [1.807, 2.05) is 13.8 Å². The van der Waals surface area contributed by atoms with E-state index in [4.69, 9.17) is 11.6 Å². The van der Waals surface area contributed by atoms with Gasteiger partial charge in [-0.1, -0.05) is 17.7 Å². The van der Waals surface area contributed by atoms with Crippen LogP contribution in [0.2, 0.25) is 5.02 Å². The number of rotatable bonds is 3. The molecule has 2 aromatic rings. The molecule has 0 amide bonds. The van der Waals surface area contributed by atoms with Crippen LogP contribution in [-0.4, -0.2) is 14.9 Å². The molecule has 0 saturated carbocycles. The molecule has 19 heavy (non-hydrogen) atoms. The van der Waals surface area contributed by atoms with Crippen molar-refractivity contribution in [1.29, 1.82) is 0 Å². The molecule has 1 aromatic carbocycles. The number of nitrogens with zero attached hydrogens (tertiary/aromatic N) is 3. The molecule has 98 valence electrons. The van der Waals surface area contributed by atoms with Crippen molar-refractivity contribution in [3.05, 3.63) is 46.0 Å². The second-order valence-electron chi connectivity index (χ2n) is 4.08. The van der Waals surface area contributed by atoms with Crippen LogP contribution in [0, 0.1) is 19.7 Å². The Morgan fingerprint density at radius 1 is 1.47 bits per heavy atom. The number of aromatic nitrogens is 2. The molecule has 0 saturated heterocycles. The van der Waals surface area contributed by atoms with Crippen LogP contribution in [0.4, 0.5) is 10.1 Å². The highest BCUT2D eigenvalue weighted by Crippen LogP contribution is 2.25. The minimum atomic E-state index is -0.347. The minimum Gasteiger partial charge on any atom is -0.263 e. The highest BCUT2D eigenvalue weighted by atomic mass is 35.5. The quantitative estimate of drug-likeness (QED) is 0.631. The van der Waals surface area contributed by atoms with Gasteiger partial charge in [0, 0.05) is 10.6 Å². The van der Waals surface area contributed by atoms with Crippen LogP contribution in [0.3, 0.4) is 0 Å². The fourth-order valence-electron chi connectivity index (χ4n) is 1.88. The molecule has 0 aliphatic heterocycles. The Bertz CT molecular complexity index is 655. The Hall–Kier alpha value is -1.55. The molecule has 2 rings (SSSR count). The van der Waals surface area contributed by atoms with Crippen LogP contribution >= 0.6 is 23.8 Å². The van der Waals surface area contributed by atoms with E-state index < -0.39 is 0 Å². The molecule has 0 fully saturated rings. The lowest BCUT2D eigenvalue weighted by atomic mass is 10.2. The van der Waals surface area contributed by atoms with Crippen molar-refractivity contribution < 1.29 is 4.39 Å². The topological polar surface area (TPSA) is 30.2 Å². The molecule has 0 bridgehead atoms. The van der Waals surface area contributed by atoms with E-state index in [-0.39, 0.29) is 12.4 Å². The highest BCUT2D eigenvalue weighted by Gasteiger charge is 2.14. The molecular formula is C13H11ClFN3S. The lowest BCUT2D eigenvalue weighted by Gasteiger charge is -2.07. The molecule has 1 heterocycles. The number of benzene rings is 1. The predicted octanol–water partition coefficient (Wildman–Crippen LogP) is 4.08. The summed E-state index contributed by atoms with van der Waals surface area (Å²) in [6.07, 6.45) is 0. The maximum absolute atomic E-state index is 13.7. The van der Waals surface area contributed by atoms with Crippen molar-refractivity contribution >= 4 is 34.7 Å². The monoisotopic (exact) mass is 295 g/mol. The van der Waals surface area contributed by atoms with Gasteiger partial charge in [-0.2, -0.15) is 10.1 Å². The zero-order valence-corrected chi connectivity index (χ0v) is 12.0. The van der Waals surface area contributed by atoms with Gasteiger partial charge >= 0.3 is 0 Å². The van der Waals surface area contributed by atoms with Crippen molar-refractivity contribution in [2.24, 2.45) is 4.99 Å². The van der Waals surface area contributed by atoms with E-state index in [0.29, 0.717) is 16.3 Å². The maximum atomic E-state index is 13.7. The summed E-state index contributed by atoms with van der Waals surface area (Å²) in [7, 11) is 0. The number of isothiocyanates is 1. The van der Waals surface area contributed by atoms with Gasteiger partial charge < -0.3 is 0 Å². The van der Waals surface area contributed by atoms with Gasteiger partial charge in [0.15, 0.2) is 0 Å². The first-order valence-corrected chi connectivity index (χ1v) is 6.38. The van der Waals surface area contributed by atoms with Crippen molar-refractivity contribution in [3.8, 4) is 0 Å². The van der Waals surface area contributed by atoms with Gasteiger partial charge in [0.1, 0.15) is 11.5 Å². The Balaban J connectivity index is 2.45. The minimum absolute atomic E-state index is 0.255. The number of hydrogen-bond acceptors (Lipinski definition) is 3. The van der Waals surface area contributed by atoms with Gasteiger partial charge in [0.25, 0.3) is 0 Å². The molecule has 0 atom stereocenters. The summed E-state index contributed by atoms with van der Waals surface area (Å²) in [4.78, 5) is 3.97. The number of thiocarbonyl (C=S) groups is 1. The molecule has 0 spiro atoms. The molecule has 3 nitrogen and oxygen atoms in total. The Kier molecular flexibility index (Phi) is 4.10. The van der Waals surface area contributed by atoms with Crippen LogP contribution < -0.4 is 0 Å². The van der Waals surface area contributed by atoms with E-state index in [9.17, 15) is 4.39 Å². The predicted molar refractivity (Wildman–Crippen MR) is 76.9 cm³/mol. The number of aliphatic imine (C=N–C) groups is 1. The number of aryl methyl sites for hydroxylation is 1. The summed E-state index contributed by atoms with van der Waals surface area (Å²) in [5, 5.41) is 7.02. The van der Waals surface area contributed by atoms with Crippen LogP contribution in [0.5, 0.6) is 0 Å². The molecule has 0 radical (unpaired) electrons. The van der Waals surface area contributed by atoms with Gasteiger partial charge in [-0.05, 0) is 38.2 Å². The Morgan fingerprint density at radius 3 is 2.84 bits per heavy atom. The first kappa shape index (κ1) is 13.9. The van der Waals surface area contributed by atoms with Crippen LogP contribution in [0.25, 0.3) is 0 Å². The van der Waals surface area contributed by atoms with E-state index in [1.54, 1.807) is 16.8 Å². The molecule has 0 N–H and O–H groups in total. The van der Waals surface area contributed by atoms with E-state index in [1.165, 1.54) is 6.07 Å². The van der Waals surface area contributed by atoms with Crippen molar-refractivity contribution in [3.63, 3.8) is 0 Å². The van der Waals surface area contributed by atoms with E-state index in [2.05, 4.69) is 27.5 Å². The van der Waals surface area contributed by atoms with E-state index in [0.717, 1.165) is 11.4 Å². The van der Waals surface area contributed by atoms with E-state index >= 15 is 0 Å². The van der Waals surface area contributed by atoms with Gasteiger partial charge in [-0.15, -0.1) is 0 Å². The summed E-state index contributed by atoms with van der Waals surface area (Å²) >= 11 is 10.6. The molecule has 0 aliphatic rings. The van der Waals surface area contributed by atoms with Crippen LogP contribution in [0.1, 0.15) is 17.0 Å². The Morgan fingerprint density at radius 2 is 2.21 bits per heavy atom. The van der Waals surface area contributed by atoms with Gasteiger partial charge in [0.2, 0.25) is 0 Å². The third-order valence-corrected chi connectivity index (χ3v) is 3.32. The average Bonchev–Trinajstić information content (AvgIpc) is 2.62. The third-order valence-electron chi connectivity index (χ3n) is 2.87. The lowest BCUT2D eigenvalue weighted by Crippen LogP contribution is -2.06. The zero-order valence-electron chi connectivity index (χ0n) is 10.4. The average molecular weight is 296 g/mol.